The lowest BCUT2D eigenvalue weighted by molar-refractivity contribution is 0.280. The van der Waals surface area contributed by atoms with Crippen molar-refractivity contribution in [3.05, 3.63) is 34.6 Å². The molecule has 1 aromatic heterocycles. The van der Waals surface area contributed by atoms with Crippen LogP contribution in [0.15, 0.2) is 18.3 Å². The number of methoxy groups -OCH3 is 1. The molecule has 102 valence electrons. The van der Waals surface area contributed by atoms with Gasteiger partial charge in [0.1, 0.15) is 12.3 Å². The topological polar surface area (TPSA) is 49.2 Å². The molecule has 0 radical (unpaired) electrons. The summed E-state index contributed by atoms with van der Waals surface area (Å²) in [4.78, 5) is 0. The minimum absolute atomic E-state index is 0.268. The minimum atomic E-state index is 0.268. The Hall–Kier alpha value is -1.46. The van der Waals surface area contributed by atoms with E-state index in [2.05, 4.69) is 10.3 Å². The van der Waals surface area contributed by atoms with Crippen LogP contribution in [0.2, 0.25) is 5.02 Å². The summed E-state index contributed by atoms with van der Waals surface area (Å²) >= 11 is 11.9. The van der Waals surface area contributed by atoms with Crippen molar-refractivity contribution in [2.45, 2.75) is 12.5 Å². The molecule has 1 aromatic carbocycles. The lowest BCUT2D eigenvalue weighted by atomic mass is 10.2. The molecule has 0 aliphatic rings. The van der Waals surface area contributed by atoms with Gasteiger partial charge in [0.05, 0.1) is 18.3 Å². The van der Waals surface area contributed by atoms with Crippen molar-refractivity contribution in [2.24, 2.45) is 7.05 Å². The van der Waals surface area contributed by atoms with E-state index in [-0.39, 0.29) is 6.61 Å². The van der Waals surface area contributed by atoms with Gasteiger partial charge >= 0.3 is 0 Å². The highest BCUT2D eigenvalue weighted by Crippen LogP contribution is 2.37. The fourth-order valence-corrected chi connectivity index (χ4v) is 2.04. The Balaban J connectivity index is 2.19. The number of hydrogen-bond acceptors (Lipinski definition) is 4. The second-order valence-electron chi connectivity index (χ2n) is 3.91. The molecule has 0 saturated heterocycles. The molecule has 2 rings (SSSR count). The summed E-state index contributed by atoms with van der Waals surface area (Å²) in [6.07, 6.45) is 1.77. The van der Waals surface area contributed by atoms with E-state index in [9.17, 15) is 0 Å². The SMILES string of the molecule is COc1cc(CCl)cc(Cl)c1OCc1cn(C)nn1. The van der Waals surface area contributed by atoms with Crippen LogP contribution >= 0.6 is 23.2 Å². The predicted molar refractivity (Wildman–Crippen MR) is 72.9 cm³/mol. The maximum atomic E-state index is 6.16. The largest absolute Gasteiger partial charge is 0.493 e. The molecule has 0 amide bonds. The highest BCUT2D eigenvalue weighted by atomic mass is 35.5. The summed E-state index contributed by atoms with van der Waals surface area (Å²) in [6, 6.07) is 3.55. The summed E-state index contributed by atoms with van der Waals surface area (Å²) in [5.74, 6) is 1.39. The number of ether oxygens (including phenoxy) is 2. The highest BCUT2D eigenvalue weighted by Gasteiger charge is 2.12. The summed E-state index contributed by atoms with van der Waals surface area (Å²) in [5, 5.41) is 8.22. The second kappa shape index (κ2) is 6.12. The average Bonchev–Trinajstić information content (AvgIpc) is 2.82. The molecule has 0 aliphatic carbocycles. The van der Waals surface area contributed by atoms with E-state index in [4.69, 9.17) is 32.7 Å². The zero-order valence-electron chi connectivity index (χ0n) is 10.6. The van der Waals surface area contributed by atoms with Crippen LogP contribution in [0.5, 0.6) is 11.5 Å². The maximum absolute atomic E-state index is 6.16. The number of benzene rings is 1. The molecule has 5 nitrogen and oxygen atoms in total. The van der Waals surface area contributed by atoms with E-state index in [1.54, 1.807) is 37.2 Å². The average molecular weight is 302 g/mol. The molecule has 7 heteroatoms. The molecule has 0 atom stereocenters. The first kappa shape index (κ1) is 14.0. The predicted octanol–water partition coefficient (Wildman–Crippen LogP) is 2.79. The third-order valence-electron chi connectivity index (χ3n) is 2.46. The first-order chi connectivity index (χ1) is 9.13. The molecular formula is C12H13Cl2N3O2. The third-order valence-corrected chi connectivity index (χ3v) is 3.05. The lowest BCUT2D eigenvalue weighted by Gasteiger charge is -2.12. The van der Waals surface area contributed by atoms with Gasteiger partial charge in [-0.1, -0.05) is 16.8 Å². The quantitative estimate of drug-likeness (QED) is 0.797. The molecule has 0 unspecified atom stereocenters. The highest BCUT2D eigenvalue weighted by molar-refractivity contribution is 6.32. The lowest BCUT2D eigenvalue weighted by Crippen LogP contribution is -1.99. The Morgan fingerprint density at radius 1 is 1.37 bits per heavy atom. The standard InChI is InChI=1S/C12H13Cl2N3O2/c1-17-6-9(15-16-17)7-19-12-10(14)3-8(5-13)4-11(12)18-2/h3-4,6H,5,7H2,1-2H3. The number of nitrogens with zero attached hydrogens (tertiary/aromatic N) is 3. The van der Waals surface area contributed by atoms with E-state index >= 15 is 0 Å². The van der Waals surface area contributed by atoms with E-state index in [0.717, 1.165) is 5.56 Å². The van der Waals surface area contributed by atoms with E-state index in [1.165, 1.54) is 0 Å². The van der Waals surface area contributed by atoms with Crippen LogP contribution in [-0.2, 0) is 19.5 Å². The fourth-order valence-electron chi connectivity index (χ4n) is 1.60. The molecular weight excluding hydrogens is 289 g/mol. The van der Waals surface area contributed by atoms with Crippen molar-refractivity contribution >= 4 is 23.2 Å². The van der Waals surface area contributed by atoms with E-state index in [1.807, 2.05) is 0 Å². The van der Waals surface area contributed by atoms with Crippen LogP contribution < -0.4 is 9.47 Å². The van der Waals surface area contributed by atoms with E-state index in [0.29, 0.717) is 28.1 Å². The summed E-state index contributed by atoms with van der Waals surface area (Å²) in [7, 11) is 3.35. The van der Waals surface area contributed by atoms with Gasteiger partial charge in [-0.15, -0.1) is 16.7 Å². The zero-order valence-corrected chi connectivity index (χ0v) is 12.1. The summed E-state index contributed by atoms with van der Waals surface area (Å²) in [5.41, 5.74) is 1.58. The van der Waals surface area contributed by atoms with Crippen molar-refractivity contribution in [3.8, 4) is 11.5 Å². The van der Waals surface area contributed by atoms with Crippen LogP contribution in [0.1, 0.15) is 11.3 Å². The van der Waals surface area contributed by atoms with Gasteiger partial charge < -0.3 is 9.47 Å². The molecule has 0 saturated carbocycles. The van der Waals surface area contributed by atoms with E-state index < -0.39 is 0 Å². The monoisotopic (exact) mass is 301 g/mol. The van der Waals surface area contributed by atoms with Gasteiger partial charge in [0.25, 0.3) is 0 Å². The van der Waals surface area contributed by atoms with Crippen LogP contribution in [0.4, 0.5) is 0 Å². The molecule has 0 aliphatic heterocycles. The molecule has 0 fully saturated rings. The van der Waals surface area contributed by atoms with Gasteiger partial charge in [0.15, 0.2) is 11.5 Å². The number of hydrogen-bond donors (Lipinski definition) is 0. The Morgan fingerprint density at radius 2 is 2.16 bits per heavy atom. The van der Waals surface area contributed by atoms with Crippen molar-refractivity contribution in [3.63, 3.8) is 0 Å². The van der Waals surface area contributed by atoms with Crippen molar-refractivity contribution in [1.29, 1.82) is 0 Å². The van der Waals surface area contributed by atoms with Gasteiger partial charge in [-0.3, -0.25) is 4.68 Å². The minimum Gasteiger partial charge on any atom is -0.493 e. The van der Waals surface area contributed by atoms with Crippen LogP contribution in [0, 0.1) is 0 Å². The molecule has 2 aromatic rings. The Kier molecular flexibility index (Phi) is 4.50. The molecule has 19 heavy (non-hydrogen) atoms. The van der Waals surface area contributed by atoms with Crippen LogP contribution in [0.3, 0.4) is 0 Å². The van der Waals surface area contributed by atoms with Gasteiger partial charge in [0, 0.05) is 12.9 Å². The first-order valence-corrected chi connectivity index (χ1v) is 6.45. The maximum Gasteiger partial charge on any atom is 0.180 e. The van der Waals surface area contributed by atoms with Crippen molar-refractivity contribution in [1.82, 2.24) is 15.0 Å². The summed E-state index contributed by atoms with van der Waals surface area (Å²) in [6.45, 7) is 0.268. The van der Waals surface area contributed by atoms with Gasteiger partial charge in [-0.05, 0) is 17.7 Å². The number of alkyl halides is 1. The van der Waals surface area contributed by atoms with Gasteiger partial charge in [0.2, 0.25) is 0 Å². The number of rotatable bonds is 5. The normalized spacial score (nSPS) is 10.5. The Bertz CT molecular complexity index is 572. The third kappa shape index (κ3) is 3.30. The Morgan fingerprint density at radius 3 is 2.74 bits per heavy atom. The molecule has 1 heterocycles. The fraction of sp³-hybridized carbons (Fsp3) is 0.333. The number of halogens is 2. The van der Waals surface area contributed by atoms with Gasteiger partial charge in [-0.25, -0.2) is 0 Å². The zero-order chi connectivity index (χ0) is 13.8. The smallest absolute Gasteiger partial charge is 0.180 e. The first-order valence-electron chi connectivity index (χ1n) is 5.54. The number of aromatic nitrogens is 3. The van der Waals surface area contributed by atoms with Crippen LogP contribution in [0.25, 0.3) is 0 Å². The molecule has 0 N–H and O–H groups in total. The van der Waals surface area contributed by atoms with Crippen LogP contribution in [-0.4, -0.2) is 22.1 Å². The number of aryl methyl sites for hydroxylation is 1. The molecule has 0 spiro atoms. The van der Waals surface area contributed by atoms with Gasteiger partial charge in [-0.2, -0.15) is 0 Å². The van der Waals surface area contributed by atoms with Crippen molar-refractivity contribution < 1.29 is 9.47 Å². The summed E-state index contributed by atoms with van der Waals surface area (Å²) < 4.78 is 12.5. The molecule has 0 bridgehead atoms. The Labute approximate surface area is 121 Å². The van der Waals surface area contributed by atoms with Crippen molar-refractivity contribution in [2.75, 3.05) is 7.11 Å². The second-order valence-corrected chi connectivity index (χ2v) is 4.59.